The lowest BCUT2D eigenvalue weighted by atomic mass is 10.2. The highest BCUT2D eigenvalue weighted by Crippen LogP contribution is 2.13. The van der Waals surface area contributed by atoms with Crippen LogP contribution < -0.4 is 10.5 Å². The van der Waals surface area contributed by atoms with Crippen LogP contribution in [0.3, 0.4) is 0 Å². The molecule has 5 heteroatoms. The van der Waals surface area contributed by atoms with Crippen LogP contribution >= 0.6 is 0 Å². The van der Waals surface area contributed by atoms with Crippen LogP contribution in [-0.4, -0.2) is 36.4 Å². The molecule has 1 aliphatic heterocycles. The Kier molecular flexibility index (Phi) is 4.98. The molecule has 0 radical (unpaired) electrons. The predicted molar refractivity (Wildman–Crippen MR) is 75.5 cm³/mol. The number of nitrogens with two attached hydrogens (primary N) is 1. The maximum atomic E-state index is 12.0. The Bertz CT molecular complexity index is 463. The number of hydrogen-bond acceptors (Lipinski definition) is 3. The first-order valence-electron chi connectivity index (χ1n) is 6.97. The first-order chi connectivity index (χ1) is 9.66. The second-order valence-electron chi connectivity index (χ2n) is 4.97. The molecule has 2 amide bonds. The van der Waals surface area contributed by atoms with Crippen LogP contribution in [0.15, 0.2) is 24.3 Å². The number of carbonyl (C=O) groups is 2. The summed E-state index contributed by atoms with van der Waals surface area (Å²) in [7, 11) is 0. The van der Waals surface area contributed by atoms with Crippen LogP contribution in [0.25, 0.3) is 0 Å². The fourth-order valence-electron chi connectivity index (χ4n) is 2.27. The van der Waals surface area contributed by atoms with Crippen LogP contribution in [0.5, 0.6) is 5.75 Å². The molecule has 0 saturated carbocycles. The number of carbonyl (C=O) groups excluding carboxylic acids is 2. The highest BCUT2D eigenvalue weighted by atomic mass is 16.5. The molecule has 108 valence electrons. The molecular formula is C15H20N2O3. The van der Waals surface area contributed by atoms with Crippen LogP contribution in [0, 0.1) is 0 Å². The van der Waals surface area contributed by atoms with Gasteiger partial charge in [-0.1, -0.05) is 12.8 Å². The molecular weight excluding hydrogens is 256 g/mol. The first kappa shape index (κ1) is 14.4. The zero-order valence-corrected chi connectivity index (χ0v) is 11.5. The minimum atomic E-state index is -0.475. The van der Waals surface area contributed by atoms with Gasteiger partial charge in [0.25, 0.3) is 5.91 Å². The highest BCUT2D eigenvalue weighted by Gasteiger charge is 2.15. The smallest absolute Gasteiger partial charge is 0.260 e. The lowest BCUT2D eigenvalue weighted by molar-refractivity contribution is -0.133. The molecule has 1 saturated heterocycles. The molecule has 0 aliphatic carbocycles. The quantitative estimate of drug-likeness (QED) is 0.907. The molecule has 1 aromatic carbocycles. The molecule has 2 rings (SSSR count). The molecule has 5 nitrogen and oxygen atoms in total. The van der Waals surface area contributed by atoms with E-state index in [0.29, 0.717) is 11.3 Å². The number of primary amides is 1. The van der Waals surface area contributed by atoms with E-state index >= 15 is 0 Å². The highest BCUT2D eigenvalue weighted by molar-refractivity contribution is 5.92. The molecule has 0 bridgehead atoms. The number of benzene rings is 1. The van der Waals surface area contributed by atoms with Gasteiger partial charge in [-0.25, -0.2) is 0 Å². The Hall–Kier alpha value is -2.04. The van der Waals surface area contributed by atoms with E-state index in [0.717, 1.165) is 25.9 Å². The van der Waals surface area contributed by atoms with Gasteiger partial charge in [0.2, 0.25) is 5.91 Å². The topological polar surface area (TPSA) is 72.6 Å². The zero-order chi connectivity index (χ0) is 14.4. The molecule has 20 heavy (non-hydrogen) atoms. The van der Waals surface area contributed by atoms with E-state index < -0.39 is 5.91 Å². The van der Waals surface area contributed by atoms with Gasteiger partial charge in [-0.05, 0) is 37.1 Å². The van der Waals surface area contributed by atoms with Crippen molar-refractivity contribution in [3.8, 4) is 5.75 Å². The van der Waals surface area contributed by atoms with Gasteiger partial charge < -0.3 is 15.4 Å². The fraction of sp³-hybridized carbons (Fsp3) is 0.467. The number of amides is 2. The average molecular weight is 276 g/mol. The van der Waals surface area contributed by atoms with E-state index in [2.05, 4.69) is 0 Å². The summed E-state index contributed by atoms with van der Waals surface area (Å²) in [6, 6.07) is 6.48. The Morgan fingerprint density at radius 3 is 2.20 bits per heavy atom. The third kappa shape index (κ3) is 3.98. The summed E-state index contributed by atoms with van der Waals surface area (Å²) in [5, 5.41) is 0. The van der Waals surface area contributed by atoms with Crippen molar-refractivity contribution in [1.29, 1.82) is 0 Å². The van der Waals surface area contributed by atoms with Crippen LogP contribution in [0.2, 0.25) is 0 Å². The van der Waals surface area contributed by atoms with Crippen molar-refractivity contribution in [3.63, 3.8) is 0 Å². The Morgan fingerprint density at radius 1 is 1.05 bits per heavy atom. The molecule has 0 aromatic heterocycles. The SMILES string of the molecule is NC(=O)c1ccc(OCC(=O)N2CCCCCC2)cc1. The van der Waals surface area contributed by atoms with Gasteiger partial charge >= 0.3 is 0 Å². The molecule has 0 unspecified atom stereocenters. The fourth-order valence-corrected chi connectivity index (χ4v) is 2.27. The standard InChI is InChI=1S/C15H20N2O3/c16-15(19)12-5-7-13(8-6-12)20-11-14(18)17-9-3-1-2-4-10-17/h5-8H,1-4,9-11H2,(H2,16,19). The van der Waals surface area contributed by atoms with Crippen molar-refractivity contribution in [1.82, 2.24) is 4.90 Å². The summed E-state index contributed by atoms with van der Waals surface area (Å²) >= 11 is 0. The Balaban J connectivity index is 1.84. The van der Waals surface area contributed by atoms with E-state index in [4.69, 9.17) is 10.5 Å². The van der Waals surface area contributed by atoms with Gasteiger partial charge in [-0.15, -0.1) is 0 Å². The first-order valence-corrected chi connectivity index (χ1v) is 6.97. The average Bonchev–Trinajstić information content (AvgIpc) is 2.74. The molecule has 0 atom stereocenters. The summed E-state index contributed by atoms with van der Waals surface area (Å²) in [5.74, 6) is 0.112. The minimum absolute atomic E-state index is 0.0193. The summed E-state index contributed by atoms with van der Waals surface area (Å²) in [6.07, 6.45) is 4.52. The van der Waals surface area contributed by atoms with E-state index in [1.165, 1.54) is 12.8 Å². The minimum Gasteiger partial charge on any atom is -0.484 e. The summed E-state index contributed by atoms with van der Waals surface area (Å²) in [5.41, 5.74) is 5.58. The lowest BCUT2D eigenvalue weighted by Crippen LogP contribution is -2.35. The lowest BCUT2D eigenvalue weighted by Gasteiger charge is -2.20. The van der Waals surface area contributed by atoms with E-state index in [9.17, 15) is 9.59 Å². The molecule has 0 spiro atoms. The van der Waals surface area contributed by atoms with E-state index in [1.807, 2.05) is 4.90 Å². The van der Waals surface area contributed by atoms with Crippen molar-refractivity contribution in [2.75, 3.05) is 19.7 Å². The molecule has 1 aliphatic rings. The van der Waals surface area contributed by atoms with Crippen molar-refractivity contribution >= 4 is 11.8 Å². The third-order valence-electron chi connectivity index (χ3n) is 3.46. The van der Waals surface area contributed by atoms with Crippen molar-refractivity contribution in [2.24, 2.45) is 5.73 Å². The van der Waals surface area contributed by atoms with Crippen LogP contribution in [-0.2, 0) is 4.79 Å². The Morgan fingerprint density at radius 2 is 1.65 bits per heavy atom. The number of likely N-dealkylation sites (tertiary alicyclic amines) is 1. The maximum absolute atomic E-state index is 12.0. The number of hydrogen-bond donors (Lipinski definition) is 1. The van der Waals surface area contributed by atoms with Gasteiger partial charge in [-0.2, -0.15) is 0 Å². The maximum Gasteiger partial charge on any atom is 0.260 e. The largest absolute Gasteiger partial charge is 0.484 e. The monoisotopic (exact) mass is 276 g/mol. The van der Waals surface area contributed by atoms with Crippen LogP contribution in [0.4, 0.5) is 0 Å². The van der Waals surface area contributed by atoms with Gasteiger partial charge in [0.15, 0.2) is 6.61 Å². The van der Waals surface area contributed by atoms with Gasteiger partial charge in [-0.3, -0.25) is 9.59 Å². The van der Waals surface area contributed by atoms with E-state index in [-0.39, 0.29) is 12.5 Å². The van der Waals surface area contributed by atoms with Gasteiger partial charge in [0.1, 0.15) is 5.75 Å². The summed E-state index contributed by atoms with van der Waals surface area (Å²) < 4.78 is 5.45. The number of nitrogens with zero attached hydrogens (tertiary/aromatic N) is 1. The second kappa shape index (κ2) is 6.93. The second-order valence-corrected chi connectivity index (χ2v) is 4.97. The van der Waals surface area contributed by atoms with E-state index in [1.54, 1.807) is 24.3 Å². The van der Waals surface area contributed by atoms with Crippen molar-refractivity contribution < 1.29 is 14.3 Å². The zero-order valence-electron chi connectivity index (χ0n) is 11.5. The van der Waals surface area contributed by atoms with Crippen molar-refractivity contribution in [3.05, 3.63) is 29.8 Å². The van der Waals surface area contributed by atoms with Crippen LogP contribution in [0.1, 0.15) is 36.0 Å². The number of ether oxygens (including phenoxy) is 1. The predicted octanol–water partition coefficient (Wildman–Crippen LogP) is 1.57. The van der Waals surface area contributed by atoms with Gasteiger partial charge in [0, 0.05) is 18.7 Å². The normalized spacial score (nSPS) is 15.5. The Labute approximate surface area is 118 Å². The van der Waals surface area contributed by atoms with Crippen molar-refractivity contribution in [2.45, 2.75) is 25.7 Å². The molecule has 1 fully saturated rings. The molecule has 1 aromatic rings. The number of rotatable bonds is 4. The molecule has 1 heterocycles. The third-order valence-corrected chi connectivity index (χ3v) is 3.46. The molecule has 2 N–H and O–H groups in total. The summed E-state index contributed by atoms with van der Waals surface area (Å²) in [6.45, 7) is 1.68. The van der Waals surface area contributed by atoms with Gasteiger partial charge in [0.05, 0.1) is 0 Å². The summed E-state index contributed by atoms with van der Waals surface area (Å²) in [4.78, 5) is 24.8.